The van der Waals surface area contributed by atoms with Crippen molar-refractivity contribution in [2.45, 2.75) is 12.6 Å². The maximum atomic E-state index is 11.2. The van der Waals surface area contributed by atoms with E-state index in [4.69, 9.17) is 0 Å². The molecular weight excluding hydrogens is 156 g/mol. The van der Waals surface area contributed by atoms with Gasteiger partial charge in [-0.2, -0.15) is 0 Å². The van der Waals surface area contributed by atoms with Crippen LogP contribution in [0.1, 0.15) is 6.42 Å². The molecule has 1 unspecified atom stereocenters. The minimum atomic E-state index is -0.274. The first-order valence-electron chi connectivity index (χ1n) is 3.73. The monoisotopic (exact) mass is 164 g/mol. The molecule has 4 heteroatoms. The van der Waals surface area contributed by atoms with Crippen LogP contribution in [0.2, 0.25) is 0 Å². The quantitative estimate of drug-likeness (QED) is 0.502. The molecule has 1 fully saturated rings. The zero-order valence-electron chi connectivity index (χ0n) is 6.36. The van der Waals surface area contributed by atoms with Gasteiger partial charge in [0.05, 0.1) is 0 Å². The second kappa shape index (κ2) is 2.48. The number of carbonyl (C=O) groups excluding carboxylic acids is 2. The second-order valence-electron chi connectivity index (χ2n) is 2.72. The van der Waals surface area contributed by atoms with Gasteiger partial charge in [0.1, 0.15) is 12.6 Å². The fourth-order valence-electron chi connectivity index (χ4n) is 1.30. The van der Waals surface area contributed by atoms with Gasteiger partial charge in [0.25, 0.3) is 0 Å². The molecule has 2 amide bonds. The molecule has 0 radical (unpaired) electrons. The Morgan fingerprint density at radius 2 is 2.25 bits per heavy atom. The molecule has 0 aliphatic carbocycles. The van der Waals surface area contributed by atoms with Crippen LogP contribution in [0.25, 0.3) is 0 Å². The Kier molecular flexibility index (Phi) is 1.46. The lowest BCUT2D eigenvalue weighted by atomic mass is 10.2. The first-order chi connectivity index (χ1) is 5.77. The van der Waals surface area contributed by atoms with E-state index < -0.39 is 0 Å². The standard InChI is InChI=1S/C8H8N2O2/c11-7-5-8(12)10-4-2-1-3-6(10)9-7/h1-4,6H,5H2,(H,9,11). The molecule has 2 aliphatic heterocycles. The average Bonchev–Trinajstić information content (AvgIpc) is 2.04. The van der Waals surface area contributed by atoms with Gasteiger partial charge in [-0.25, -0.2) is 0 Å². The Balaban J connectivity index is 2.25. The number of nitrogens with zero attached hydrogens (tertiary/aromatic N) is 1. The zero-order chi connectivity index (χ0) is 8.55. The highest BCUT2D eigenvalue weighted by molar-refractivity contribution is 6.00. The summed E-state index contributed by atoms with van der Waals surface area (Å²) in [5, 5.41) is 2.68. The van der Waals surface area contributed by atoms with Crippen molar-refractivity contribution in [1.82, 2.24) is 10.2 Å². The van der Waals surface area contributed by atoms with Crippen LogP contribution >= 0.6 is 0 Å². The Morgan fingerprint density at radius 1 is 1.42 bits per heavy atom. The Morgan fingerprint density at radius 3 is 3.08 bits per heavy atom. The van der Waals surface area contributed by atoms with Crippen molar-refractivity contribution < 1.29 is 9.59 Å². The van der Waals surface area contributed by atoms with Crippen LogP contribution in [0.5, 0.6) is 0 Å². The van der Waals surface area contributed by atoms with Gasteiger partial charge in [0, 0.05) is 6.20 Å². The molecule has 62 valence electrons. The molecule has 0 aromatic heterocycles. The highest BCUT2D eigenvalue weighted by atomic mass is 16.2. The number of nitrogens with one attached hydrogen (secondary N) is 1. The fraction of sp³-hybridized carbons (Fsp3) is 0.250. The van der Waals surface area contributed by atoms with Crippen molar-refractivity contribution >= 4 is 11.8 Å². The van der Waals surface area contributed by atoms with Gasteiger partial charge >= 0.3 is 0 Å². The SMILES string of the molecule is O=C1CC(=O)N2C=CC=CC2N1. The molecule has 12 heavy (non-hydrogen) atoms. The Hall–Kier alpha value is -1.58. The third-order valence-electron chi connectivity index (χ3n) is 1.86. The number of fused-ring (bicyclic) bond motifs is 1. The third kappa shape index (κ3) is 1.01. The van der Waals surface area contributed by atoms with E-state index in [0.717, 1.165) is 0 Å². The maximum Gasteiger partial charge on any atom is 0.237 e. The average molecular weight is 164 g/mol. The molecule has 0 spiro atoms. The van der Waals surface area contributed by atoms with Crippen LogP contribution in [0, 0.1) is 0 Å². The molecule has 2 aliphatic rings. The normalized spacial score (nSPS) is 27.0. The molecule has 4 nitrogen and oxygen atoms in total. The number of allylic oxidation sites excluding steroid dienone is 2. The van der Waals surface area contributed by atoms with E-state index in [1.165, 1.54) is 4.90 Å². The van der Waals surface area contributed by atoms with Crippen LogP contribution in [-0.4, -0.2) is 22.9 Å². The van der Waals surface area contributed by atoms with Crippen molar-refractivity contribution in [3.8, 4) is 0 Å². The molecule has 1 atom stereocenters. The lowest BCUT2D eigenvalue weighted by molar-refractivity contribution is -0.140. The zero-order valence-corrected chi connectivity index (χ0v) is 6.36. The van der Waals surface area contributed by atoms with E-state index in [0.29, 0.717) is 0 Å². The van der Waals surface area contributed by atoms with E-state index in [9.17, 15) is 9.59 Å². The smallest absolute Gasteiger partial charge is 0.237 e. The largest absolute Gasteiger partial charge is 0.332 e. The van der Waals surface area contributed by atoms with Crippen LogP contribution in [0.4, 0.5) is 0 Å². The Labute approximate surface area is 69.5 Å². The number of hydrogen-bond acceptors (Lipinski definition) is 2. The van der Waals surface area contributed by atoms with Gasteiger partial charge in [0.15, 0.2) is 0 Å². The molecule has 0 bridgehead atoms. The molecule has 1 N–H and O–H groups in total. The van der Waals surface area contributed by atoms with Crippen molar-refractivity contribution in [2.75, 3.05) is 0 Å². The lowest BCUT2D eigenvalue weighted by Gasteiger charge is -2.32. The van der Waals surface area contributed by atoms with Gasteiger partial charge in [-0.05, 0) is 12.2 Å². The third-order valence-corrected chi connectivity index (χ3v) is 1.86. The lowest BCUT2D eigenvalue weighted by Crippen LogP contribution is -2.53. The number of hydrogen-bond donors (Lipinski definition) is 1. The summed E-state index contributed by atoms with van der Waals surface area (Å²) in [7, 11) is 0. The molecule has 0 saturated carbocycles. The number of amides is 2. The number of carbonyl (C=O) groups is 2. The van der Waals surface area contributed by atoms with E-state index in [1.54, 1.807) is 24.4 Å². The van der Waals surface area contributed by atoms with Gasteiger partial charge in [-0.3, -0.25) is 14.5 Å². The van der Waals surface area contributed by atoms with E-state index in [1.807, 2.05) is 0 Å². The van der Waals surface area contributed by atoms with Crippen LogP contribution in [0.3, 0.4) is 0 Å². The van der Waals surface area contributed by atoms with Gasteiger partial charge in [-0.15, -0.1) is 0 Å². The van der Waals surface area contributed by atoms with Crippen LogP contribution in [-0.2, 0) is 9.59 Å². The van der Waals surface area contributed by atoms with Crippen molar-refractivity contribution in [3.63, 3.8) is 0 Å². The first kappa shape index (κ1) is 7.09. The molecule has 0 aromatic rings. The molecule has 2 heterocycles. The van der Waals surface area contributed by atoms with Gasteiger partial charge in [-0.1, -0.05) is 6.08 Å². The molecule has 0 aromatic carbocycles. The van der Waals surface area contributed by atoms with Crippen molar-refractivity contribution in [2.24, 2.45) is 0 Å². The Bertz CT molecular complexity index is 293. The predicted molar refractivity (Wildman–Crippen MR) is 41.7 cm³/mol. The minimum Gasteiger partial charge on any atom is -0.332 e. The summed E-state index contributed by atoms with van der Waals surface area (Å²) in [6.45, 7) is 0. The topological polar surface area (TPSA) is 49.4 Å². The first-order valence-corrected chi connectivity index (χ1v) is 3.73. The summed E-state index contributed by atoms with van der Waals surface area (Å²) in [6, 6.07) is 0. The molecule has 1 saturated heterocycles. The number of rotatable bonds is 0. The summed E-state index contributed by atoms with van der Waals surface area (Å²) >= 11 is 0. The van der Waals surface area contributed by atoms with Crippen LogP contribution < -0.4 is 5.32 Å². The second-order valence-corrected chi connectivity index (χ2v) is 2.72. The summed E-state index contributed by atoms with van der Waals surface area (Å²) in [4.78, 5) is 23.6. The highest BCUT2D eigenvalue weighted by Gasteiger charge is 2.29. The predicted octanol–water partition coefficient (Wildman–Crippen LogP) is -0.256. The van der Waals surface area contributed by atoms with Gasteiger partial charge in [0.2, 0.25) is 11.8 Å². The van der Waals surface area contributed by atoms with Gasteiger partial charge < -0.3 is 5.32 Å². The maximum absolute atomic E-state index is 11.2. The van der Waals surface area contributed by atoms with Crippen molar-refractivity contribution in [3.05, 3.63) is 24.4 Å². The summed E-state index contributed by atoms with van der Waals surface area (Å²) in [5.41, 5.74) is 0. The molecule has 2 rings (SSSR count). The highest BCUT2D eigenvalue weighted by Crippen LogP contribution is 2.12. The summed E-state index contributed by atoms with van der Waals surface area (Å²) in [5.74, 6) is -0.356. The molecular formula is C8H8N2O2. The summed E-state index contributed by atoms with van der Waals surface area (Å²) in [6.07, 6.45) is 6.70. The van der Waals surface area contributed by atoms with Crippen molar-refractivity contribution in [1.29, 1.82) is 0 Å². The minimum absolute atomic E-state index is 0.0469. The van der Waals surface area contributed by atoms with E-state index >= 15 is 0 Å². The van der Waals surface area contributed by atoms with Crippen LogP contribution in [0.15, 0.2) is 24.4 Å². The van der Waals surface area contributed by atoms with E-state index in [2.05, 4.69) is 5.32 Å². The summed E-state index contributed by atoms with van der Waals surface area (Å²) < 4.78 is 0. The van der Waals surface area contributed by atoms with E-state index in [-0.39, 0.29) is 24.4 Å². The fourth-order valence-corrected chi connectivity index (χ4v) is 1.30.